The minimum atomic E-state index is -3.50. The van der Waals surface area contributed by atoms with Gasteiger partial charge in [-0.2, -0.15) is 0 Å². The molecular weight excluding hydrogens is 326 g/mol. The first-order valence-electron chi connectivity index (χ1n) is 8.17. The highest BCUT2D eigenvalue weighted by Gasteiger charge is 2.22. The van der Waals surface area contributed by atoms with Crippen molar-refractivity contribution in [2.45, 2.75) is 37.1 Å². The summed E-state index contributed by atoms with van der Waals surface area (Å²) < 4.78 is 33.2. The van der Waals surface area contributed by atoms with E-state index >= 15 is 0 Å². The van der Waals surface area contributed by atoms with Gasteiger partial charge in [-0.05, 0) is 51.5 Å². The molecule has 1 saturated heterocycles. The first-order chi connectivity index (χ1) is 11.4. The van der Waals surface area contributed by atoms with Crippen LogP contribution in [-0.4, -0.2) is 44.5 Å². The van der Waals surface area contributed by atoms with Gasteiger partial charge in [-0.15, -0.1) is 0 Å². The van der Waals surface area contributed by atoms with E-state index in [9.17, 15) is 8.42 Å². The summed E-state index contributed by atoms with van der Waals surface area (Å²) in [5.74, 6) is 0.585. The lowest BCUT2D eigenvalue weighted by Crippen LogP contribution is -2.35. The van der Waals surface area contributed by atoms with E-state index in [-0.39, 0.29) is 10.9 Å². The van der Waals surface area contributed by atoms with Gasteiger partial charge >= 0.3 is 0 Å². The summed E-state index contributed by atoms with van der Waals surface area (Å²) in [5, 5.41) is 0. The summed E-state index contributed by atoms with van der Waals surface area (Å²) in [7, 11) is -1.43. The number of nitrogens with one attached hydrogen (secondary N) is 1. The quantitative estimate of drug-likeness (QED) is 0.917. The summed E-state index contributed by atoms with van der Waals surface area (Å²) in [6.07, 6.45) is 4.29. The van der Waals surface area contributed by atoms with E-state index in [1.807, 2.05) is 0 Å². The lowest BCUT2D eigenvalue weighted by Gasteiger charge is -2.17. The topological polar surface area (TPSA) is 75.4 Å². The molecule has 1 N–H and O–H groups in total. The molecule has 24 heavy (non-hydrogen) atoms. The molecule has 0 aliphatic carbocycles. The molecule has 1 aliphatic heterocycles. The predicted octanol–water partition coefficient (Wildman–Crippen LogP) is 2.41. The van der Waals surface area contributed by atoms with Crippen molar-refractivity contribution >= 4 is 10.0 Å². The van der Waals surface area contributed by atoms with Crippen LogP contribution in [0.15, 0.2) is 39.8 Å². The van der Waals surface area contributed by atoms with Gasteiger partial charge in [0.15, 0.2) is 5.89 Å². The van der Waals surface area contributed by atoms with Gasteiger partial charge in [-0.1, -0.05) is 12.1 Å². The summed E-state index contributed by atoms with van der Waals surface area (Å²) in [6.45, 7) is 3.71. The summed E-state index contributed by atoms with van der Waals surface area (Å²) in [6, 6.07) is 6.74. The number of oxazole rings is 1. The molecule has 2 aromatic rings. The Hall–Kier alpha value is -1.70. The largest absolute Gasteiger partial charge is 0.449 e. The van der Waals surface area contributed by atoms with Crippen LogP contribution in [0.5, 0.6) is 0 Å². The fourth-order valence-electron chi connectivity index (χ4n) is 2.95. The first kappa shape index (κ1) is 17.1. The molecule has 130 valence electrons. The second-order valence-corrected chi connectivity index (χ2v) is 8.04. The van der Waals surface area contributed by atoms with Crippen molar-refractivity contribution < 1.29 is 12.8 Å². The lowest BCUT2D eigenvalue weighted by atomic mass is 10.1. The van der Waals surface area contributed by atoms with E-state index in [0.717, 1.165) is 37.9 Å². The zero-order valence-corrected chi connectivity index (χ0v) is 14.8. The molecule has 2 heterocycles. The number of benzene rings is 1. The molecule has 0 spiro atoms. The molecule has 6 nitrogen and oxygen atoms in total. The summed E-state index contributed by atoms with van der Waals surface area (Å²) in [5.41, 5.74) is 1.54. The Morgan fingerprint density at radius 2 is 1.96 bits per heavy atom. The number of aryl methyl sites for hydroxylation is 1. The Morgan fingerprint density at radius 3 is 2.62 bits per heavy atom. The van der Waals surface area contributed by atoms with Crippen molar-refractivity contribution in [3.8, 4) is 11.3 Å². The van der Waals surface area contributed by atoms with Gasteiger partial charge in [-0.3, -0.25) is 0 Å². The highest BCUT2D eigenvalue weighted by molar-refractivity contribution is 7.89. The fraction of sp³-hybridized carbons (Fsp3) is 0.471. The number of likely N-dealkylation sites (tertiary alicyclic amines) is 1. The number of nitrogens with zero attached hydrogens (tertiary/aromatic N) is 2. The Kier molecular flexibility index (Phi) is 5.03. The standard InChI is InChI=1S/C17H23N3O3S/c1-13-18-17(12-23-13)14-5-7-16(8-6-14)24(21,22)19-15-4-3-10-20(2)11-9-15/h5-8,12,15,19H,3-4,9-11H2,1-2H3. The molecule has 1 aliphatic rings. The van der Waals surface area contributed by atoms with Gasteiger partial charge in [-0.25, -0.2) is 18.1 Å². The minimum Gasteiger partial charge on any atom is -0.449 e. The lowest BCUT2D eigenvalue weighted by molar-refractivity contribution is 0.346. The molecule has 1 aromatic heterocycles. The smallest absolute Gasteiger partial charge is 0.240 e. The van der Waals surface area contributed by atoms with Gasteiger partial charge in [0, 0.05) is 18.5 Å². The number of hydrogen-bond donors (Lipinski definition) is 1. The van der Waals surface area contributed by atoms with Gasteiger partial charge in [0.2, 0.25) is 10.0 Å². The molecule has 0 radical (unpaired) electrons. The molecule has 0 bridgehead atoms. The predicted molar refractivity (Wildman–Crippen MR) is 92.1 cm³/mol. The molecular formula is C17H23N3O3S. The van der Waals surface area contributed by atoms with Gasteiger partial charge in [0.05, 0.1) is 4.90 Å². The maximum absolute atomic E-state index is 12.6. The highest BCUT2D eigenvalue weighted by atomic mass is 32.2. The third-order valence-corrected chi connectivity index (χ3v) is 5.89. The van der Waals surface area contributed by atoms with Crippen molar-refractivity contribution in [2.75, 3.05) is 20.1 Å². The van der Waals surface area contributed by atoms with Gasteiger partial charge < -0.3 is 9.32 Å². The summed E-state index contributed by atoms with van der Waals surface area (Å²) >= 11 is 0. The Morgan fingerprint density at radius 1 is 1.21 bits per heavy atom. The number of rotatable bonds is 4. The van der Waals surface area contributed by atoms with E-state index in [2.05, 4.69) is 21.7 Å². The first-order valence-corrected chi connectivity index (χ1v) is 9.66. The van der Waals surface area contributed by atoms with E-state index in [1.54, 1.807) is 37.5 Å². The monoisotopic (exact) mass is 349 g/mol. The van der Waals surface area contributed by atoms with Crippen molar-refractivity contribution in [3.63, 3.8) is 0 Å². The zero-order valence-electron chi connectivity index (χ0n) is 14.0. The third-order valence-electron chi connectivity index (χ3n) is 4.35. The average Bonchev–Trinajstić information content (AvgIpc) is 2.89. The molecule has 1 unspecified atom stereocenters. The van der Waals surface area contributed by atoms with Crippen LogP contribution in [0.1, 0.15) is 25.2 Å². The van der Waals surface area contributed by atoms with Crippen molar-refractivity contribution in [1.29, 1.82) is 0 Å². The number of hydrogen-bond acceptors (Lipinski definition) is 5. The molecule has 3 rings (SSSR count). The molecule has 7 heteroatoms. The maximum Gasteiger partial charge on any atom is 0.240 e. The van der Waals surface area contributed by atoms with Crippen LogP contribution in [0.2, 0.25) is 0 Å². The summed E-state index contributed by atoms with van der Waals surface area (Å²) in [4.78, 5) is 6.77. The number of sulfonamides is 1. The minimum absolute atomic E-state index is 0.00202. The Balaban J connectivity index is 1.72. The van der Waals surface area contributed by atoms with Crippen molar-refractivity contribution in [3.05, 3.63) is 36.4 Å². The maximum atomic E-state index is 12.6. The SMILES string of the molecule is Cc1nc(-c2ccc(S(=O)(=O)NC3CCCN(C)CC3)cc2)co1. The van der Waals surface area contributed by atoms with Crippen LogP contribution in [0.4, 0.5) is 0 Å². The van der Waals surface area contributed by atoms with E-state index < -0.39 is 10.0 Å². The third kappa shape index (κ3) is 4.03. The highest BCUT2D eigenvalue weighted by Crippen LogP contribution is 2.21. The van der Waals surface area contributed by atoms with Crippen LogP contribution in [-0.2, 0) is 10.0 Å². The fourth-order valence-corrected chi connectivity index (χ4v) is 4.25. The van der Waals surface area contributed by atoms with Crippen LogP contribution in [0.25, 0.3) is 11.3 Å². The van der Waals surface area contributed by atoms with Gasteiger partial charge in [0.25, 0.3) is 0 Å². The molecule has 0 amide bonds. The molecule has 1 atom stereocenters. The van der Waals surface area contributed by atoms with E-state index in [1.165, 1.54) is 0 Å². The van der Waals surface area contributed by atoms with E-state index in [0.29, 0.717) is 11.6 Å². The zero-order chi connectivity index (χ0) is 17.2. The molecule has 0 saturated carbocycles. The van der Waals surface area contributed by atoms with E-state index in [4.69, 9.17) is 4.42 Å². The molecule has 1 aromatic carbocycles. The van der Waals surface area contributed by atoms with Gasteiger partial charge in [0.1, 0.15) is 12.0 Å². The Labute approximate surface area is 142 Å². The second kappa shape index (κ2) is 7.04. The van der Waals surface area contributed by atoms with Crippen molar-refractivity contribution in [2.24, 2.45) is 0 Å². The van der Waals surface area contributed by atoms with Crippen LogP contribution in [0, 0.1) is 6.92 Å². The normalized spacial score (nSPS) is 20.0. The van der Waals surface area contributed by atoms with Crippen LogP contribution >= 0.6 is 0 Å². The molecule has 1 fully saturated rings. The average molecular weight is 349 g/mol. The van der Waals surface area contributed by atoms with Crippen LogP contribution < -0.4 is 4.72 Å². The Bertz CT molecular complexity index is 784. The van der Waals surface area contributed by atoms with Crippen molar-refractivity contribution in [1.82, 2.24) is 14.6 Å². The second-order valence-electron chi connectivity index (χ2n) is 6.33. The van der Waals surface area contributed by atoms with Crippen LogP contribution in [0.3, 0.4) is 0 Å². The number of aromatic nitrogens is 1.